The van der Waals surface area contributed by atoms with Crippen molar-refractivity contribution in [2.45, 2.75) is 0 Å². The molecular formula is C10H10IN3O2. The summed E-state index contributed by atoms with van der Waals surface area (Å²) in [5, 5.41) is 0. The van der Waals surface area contributed by atoms with Crippen LogP contribution in [-0.2, 0) is 9.59 Å². The number of anilines is 1. The normalized spacial score (nSPS) is 16.4. The first-order valence-electron chi connectivity index (χ1n) is 4.82. The van der Waals surface area contributed by atoms with Crippen LogP contribution in [-0.4, -0.2) is 41.8 Å². The maximum Gasteiger partial charge on any atom is 0.246 e. The minimum atomic E-state index is -0.0682. The minimum absolute atomic E-state index is 0.0682. The molecule has 1 aliphatic heterocycles. The first-order chi connectivity index (χ1) is 7.70. The summed E-state index contributed by atoms with van der Waals surface area (Å²) in [7, 11) is 0. The van der Waals surface area contributed by atoms with Gasteiger partial charge in [0.25, 0.3) is 0 Å². The number of hydrogen-bond donors (Lipinski definition) is 0. The van der Waals surface area contributed by atoms with Gasteiger partial charge in [0.1, 0.15) is 3.70 Å². The van der Waals surface area contributed by atoms with Crippen molar-refractivity contribution in [3.05, 3.63) is 22.0 Å². The molecule has 6 heteroatoms. The van der Waals surface area contributed by atoms with Crippen LogP contribution in [0.25, 0.3) is 0 Å². The SMILES string of the molecule is O=CN1CCN(c2ccc(I)nc2)C(=O)C1. The summed E-state index contributed by atoms with van der Waals surface area (Å²) in [4.78, 5) is 29.5. The van der Waals surface area contributed by atoms with Crippen molar-refractivity contribution in [2.75, 3.05) is 24.5 Å². The van der Waals surface area contributed by atoms with Gasteiger partial charge in [-0.2, -0.15) is 0 Å². The van der Waals surface area contributed by atoms with Crippen molar-refractivity contribution in [3.8, 4) is 0 Å². The van der Waals surface area contributed by atoms with Gasteiger partial charge in [-0.1, -0.05) is 0 Å². The molecule has 2 heterocycles. The average Bonchev–Trinajstić information content (AvgIpc) is 2.30. The van der Waals surface area contributed by atoms with Gasteiger partial charge < -0.3 is 9.80 Å². The van der Waals surface area contributed by atoms with Gasteiger partial charge in [-0.25, -0.2) is 4.98 Å². The van der Waals surface area contributed by atoms with E-state index >= 15 is 0 Å². The van der Waals surface area contributed by atoms with Crippen LogP contribution in [0.15, 0.2) is 18.3 Å². The molecule has 1 aromatic rings. The second kappa shape index (κ2) is 4.77. The minimum Gasteiger partial charge on any atom is -0.334 e. The number of nitrogens with zero attached hydrogens (tertiary/aromatic N) is 3. The predicted octanol–water partition coefficient (Wildman–Crippen LogP) is 0.491. The first kappa shape index (κ1) is 11.3. The topological polar surface area (TPSA) is 53.5 Å². The molecule has 0 saturated carbocycles. The lowest BCUT2D eigenvalue weighted by Crippen LogP contribution is -2.49. The van der Waals surface area contributed by atoms with Gasteiger partial charge in [-0.15, -0.1) is 0 Å². The van der Waals surface area contributed by atoms with Crippen LogP contribution in [0.3, 0.4) is 0 Å². The molecule has 5 nitrogen and oxygen atoms in total. The first-order valence-corrected chi connectivity index (χ1v) is 5.90. The Morgan fingerprint density at radius 2 is 2.19 bits per heavy atom. The van der Waals surface area contributed by atoms with Crippen molar-refractivity contribution < 1.29 is 9.59 Å². The zero-order valence-electron chi connectivity index (χ0n) is 8.47. The highest BCUT2D eigenvalue weighted by Gasteiger charge is 2.24. The van der Waals surface area contributed by atoms with E-state index in [4.69, 9.17) is 0 Å². The van der Waals surface area contributed by atoms with Gasteiger partial charge in [0.15, 0.2) is 0 Å². The molecule has 0 atom stereocenters. The van der Waals surface area contributed by atoms with Crippen molar-refractivity contribution in [2.24, 2.45) is 0 Å². The van der Waals surface area contributed by atoms with Crippen LogP contribution in [0.5, 0.6) is 0 Å². The van der Waals surface area contributed by atoms with E-state index in [9.17, 15) is 9.59 Å². The number of amides is 2. The van der Waals surface area contributed by atoms with E-state index in [-0.39, 0.29) is 12.5 Å². The van der Waals surface area contributed by atoms with Crippen LogP contribution in [0, 0.1) is 3.70 Å². The lowest BCUT2D eigenvalue weighted by atomic mass is 10.3. The average molecular weight is 331 g/mol. The van der Waals surface area contributed by atoms with Gasteiger partial charge in [-0.3, -0.25) is 9.59 Å². The monoisotopic (exact) mass is 331 g/mol. The maximum atomic E-state index is 11.7. The quantitative estimate of drug-likeness (QED) is 0.450. The lowest BCUT2D eigenvalue weighted by molar-refractivity contribution is -0.128. The van der Waals surface area contributed by atoms with Crippen molar-refractivity contribution in [3.63, 3.8) is 0 Å². The molecule has 2 amide bonds. The number of hydrogen-bond acceptors (Lipinski definition) is 3. The summed E-state index contributed by atoms with van der Waals surface area (Å²) >= 11 is 2.11. The number of piperazine rings is 1. The zero-order valence-corrected chi connectivity index (χ0v) is 10.6. The van der Waals surface area contributed by atoms with Crippen LogP contribution < -0.4 is 4.90 Å². The van der Waals surface area contributed by atoms with Gasteiger partial charge in [0, 0.05) is 13.1 Å². The molecule has 0 bridgehead atoms. The van der Waals surface area contributed by atoms with Gasteiger partial charge in [-0.05, 0) is 34.7 Å². The van der Waals surface area contributed by atoms with E-state index in [2.05, 4.69) is 27.6 Å². The summed E-state index contributed by atoms with van der Waals surface area (Å²) in [5.41, 5.74) is 0.788. The second-order valence-corrected chi connectivity index (χ2v) is 4.57. The molecular weight excluding hydrogens is 321 g/mol. The number of halogens is 1. The smallest absolute Gasteiger partial charge is 0.246 e. The molecule has 2 rings (SSSR count). The summed E-state index contributed by atoms with van der Waals surface area (Å²) in [6.45, 7) is 1.25. The van der Waals surface area contributed by atoms with Crippen LogP contribution in [0.2, 0.25) is 0 Å². The highest BCUT2D eigenvalue weighted by molar-refractivity contribution is 14.1. The van der Waals surface area contributed by atoms with E-state index in [0.717, 1.165) is 9.39 Å². The molecule has 1 aliphatic rings. The molecule has 0 spiro atoms. The summed E-state index contributed by atoms with van der Waals surface area (Å²) in [6.07, 6.45) is 2.39. The van der Waals surface area contributed by atoms with E-state index < -0.39 is 0 Å². The third kappa shape index (κ3) is 2.31. The Morgan fingerprint density at radius 3 is 2.75 bits per heavy atom. The molecule has 0 aromatic carbocycles. The Balaban J connectivity index is 2.14. The number of pyridine rings is 1. The maximum absolute atomic E-state index is 11.7. The molecule has 84 valence electrons. The van der Waals surface area contributed by atoms with Gasteiger partial charge >= 0.3 is 0 Å². The molecule has 16 heavy (non-hydrogen) atoms. The Labute approximate surface area is 107 Å². The Hall–Kier alpha value is -1.18. The van der Waals surface area contributed by atoms with Gasteiger partial charge in [0.05, 0.1) is 18.4 Å². The molecule has 0 N–H and O–H groups in total. The van der Waals surface area contributed by atoms with Crippen molar-refractivity contribution in [1.29, 1.82) is 0 Å². The third-order valence-corrected chi connectivity index (χ3v) is 3.06. The largest absolute Gasteiger partial charge is 0.334 e. The Bertz CT molecular complexity index is 407. The van der Waals surface area contributed by atoms with Crippen LogP contribution >= 0.6 is 22.6 Å². The number of rotatable bonds is 2. The fraction of sp³-hybridized carbons (Fsp3) is 0.300. The lowest BCUT2D eigenvalue weighted by Gasteiger charge is -2.31. The molecule has 0 unspecified atom stereocenters. The van der Waals surface area contributed by atoms with E-state index in [1.807, 2.05) is 12.1 Å². The number of aromatic nitrogens is 1. The zero-order chi connectivity index (χ0) is 11.5. The van der Waals surface area contributed by atoms with Crippen LogP contribution in [0.4, 0.5) is 5.69 Å². The van der Waals surface area contributed by atoms with Gasteiger partial charge in [0.2, 0.25) is 12.3 Å². The van der Waals surface area contributed by atoms with Crippen molar-refractivity contribution in [1.82, 2.24) is 9.88 Å². The van der Waals surface area contributed by atoms with E-state index in [1.165, 1.54) is 4.90 Å². The molecule has 0 radical (unpaired) electrons. The summed E-state index contributed by atoms with van der Waals surface area (Å²) in [6, 6.07) is 3.72. The van der Waals surface area contributed by atoms with Crippen molar-refractivity contribution >= 4 is 40.6 Å². The summed E-state index contributed by atoms with van der Waals surface area (Å²) < 4.78 is 0.889. The highest BCUT2D eigenvalue weighted by atomic mass is 127. The number of carbonyl (C=O) groups is 2. The Morgan fingerprint density at radius 1 is 1.38 bits per heavy atom. The fourth-order valence-electron chi connectivity index (χ4n) is 1.58. The predicted molar refractivity (Wildman–Crippen MR) is 66.9 cm³/mol. The molecule has 0 aliphatic carbocycles. The molecule has 1 fully saturated rings. The highest BCUT2D eigenvalue weighted by Crippen LogP contribution is 2.16. The number of carbonyl (C=O) groups excluding carboxylic acids is 2. The molecule has 1 aromatic heterocycles. The van der Waals surface area contributed by atoms with E-state index in [1.54, 1.807) is 11.1 Å². The molecule has 1 saturated heterocycles. The fourth-order valence-corrected chi connectivity index (χ4v) is 1.90. The van der Waals surface area contributed by atoms with Crippen LogP contribution in [0.1, 0.15) is 0 Å². The third-order valence-electron chi connectivity index (χ3n) is 2.42. The Kier molecular flexibility index (Phi) is 3.37. The second-order valence-electron chi connectivity index (χ2n) is 3.46. The summed E-state index contributed by atoms with van der Waals surface area (Å²) in [5.74, 6) is -0.0682. The van der Waals surface area contributed by atoms with E-state index in [0.29, 0.717) is 19.5 Å². The standard InChI is InChI=1S/C10H10IN3O2/c11-9-2-1-8(5-12-9)14-4-3-13(7-15)6-10(14)16/h1-2,5,7H,3-4,6H2.